The minimum atomic E-state index is -0.438. The third kappa shape index (κ3) is 3.38. The predicted octanol–water partition coefficient (Wildman–Crippen LogP) is 1.30. The second-order valence-corrected chi connectivity index (χ2v) is 6.50. The first-order valence-corrected chi connectivity index (χ1v) is 7.21. The van der Waals surface area contributed by atoms with Crippen LogP contribution in [0.2, 0.25) is 0 Å². The van der Waals surface area contributed by atoms with Crippen LogP contribution in [-0.4, -0.2) is 31.1 Å². The molecule has 1 amide bonds. The van der Waals surface area contributed by atoms with E-state index in [1.54, 1.807) is 18.3 Å². The number of carbonyl (C=O) groups excluding carboxylic acids is 1. The fourth-order valence-electron chi connectivity index (χ4n) is 1.51. The summed E-state index contributed by atoms with van der Waals surface area (Å²) in [6, 6.07) is -0.438. The van der Waals surface area contributed by atoms with Gasteiger partial charge in [-0.15, -0.1) is 16.4 Å². The van der Waals surface area contributed by atoms with Crippen molar-refractivity contribution in [3.05, 3.63) is 22.4 Å². The first kappa shape index (κ1) is 14.6. The van der Waals surface area contributed by atoms with Gasteiger partial charge in [-0.3, -0.25) is 4.79 Å². The Hall–Kier alpha value is -1.83. The zero-order valence-corrected chi connectivity index (χ0v) is 12.8. The van der Waals surface area contributed by atoms with E-state index in [9.17, 15) is 4.79 Å². The minimum Gasteiger partial charge on any atom is -0.348 e. The van der Waals surface area contributed by atoms with E-state index >= 15 is 0 Å². The molecule has 0 saturated heterocycles. The molecule has 20 heavy (non-hydrogen) atoms. The lowest BCUT2D eigenvalue weighted by Crippen LogP contribution is -2.31. The third-order valence-corrected chi connectivity index (χ3v) is 3.72. The maximum absolute atomic E-state index is 12.0. The summed E-state index contributed by atoms with van der Waals surface area (Å²) in [7, 11) is 0. The van der Waals surface area contributed by atoms with E-state index in [4.69, 9.17) is 0 Å². The quantitative estimate of drug-likeness (QED) is 0.918. The number of hydrogen-bond donors (Lipinski definition) is 1. The summed E-state index contributed by atoms with van der Waals surface area (Å²) in [5, 5.41) is 16.5. The Balaban J connectivity index is 1.92. The fourth-order valence-corrected chi connectivity index (χ4v) is 2.47. The number of tetrazole rings is 1. The Kier molecular flexibility index (Phi) is 4.12. The monoisotopic (exact) mass is 294 g/mol. The Bertz CT molecular complexity index is 571. The van der Waals surface area contributed by atoms with E-state index < -0.39 is 6.04 Å². The van der Waals surface area contributed by atoms with Gasteiger partial charge in [-0.25, -0.2) is 9.67 Å². The molecule has 0 aliphatic carbocycles. The molecular formula is C12H18N6OS. The number of amides is 1. The maximum atomic E-state index is 12.0. The number of aromatic nitrogens is 5. The molecule has 1 N–H and O–H groups in total. The van der Waals surface area contributed by atoms with Crippen molar-refractivity contribution in [1.82, 2.24) is 30.5 Å². The number of carbonyl (C=O) groups is 1. The highest BCUT2D eigenvalue weighted by molar-refractivity contribution is 7.09. The number of nitrogens with zero attached hydrogens (tertiary/aromatic N) is 5. The molecule has 7 nitrogen and oxygen atoms in total. The van der Waals surface area contributed by atoms with Gasteiger partial charge in [0.05, 0.1) is 12.2 Å². The molecule has 108 valence electrons. The Labute approximate surface area is 121 Å². The predicted molar refractivity (Wildman–Crippen MR) is 75.2 cm³/mol. The van der Waals surface area contributed by atoms with Gasteiger partial charge < -0.3 is 5.32 Å². The van der Waals surface area contributed by atoms with Gasteiger partial charge in [0.1, 0.15) is 17.4 Å². The lowest BCUT2D eigenvalue weighted by atomic mass is 9.93. The van der Waals surface area contributed by atoms with Crippen molar-refractivity contribution < 1.29 is 4.79 Å². The molecule has 8 heteroatoms. The average Bonchev–Trinajstić information content (AvgIpc) is 3.04. The van der Waals surface area contributed by atoms with Gasteiger partial charge in [0, 0.05) is 10.8 Å². The van der Waals surface area contributed by atoms with Crippen molar-refractivity contribution in [2.45, 2.75) is 45.7 Å². The van der Waals surface area contributed by atoms with Crippen molar-refractivity contribution in [3.8, 4) is 0 Å². The molecule has 0 saturated carbocycles. The highest BCUT2D eigenvalue weighted by Crippen LogP contribution is 2.23. The van der Waals surface area contributed by atoms with Crippen molar-refractivity contribution >= 4 is 17.2 Å². The van der Waals surface area contributed by atoms with Crippen LogP contribution in [-0.2, 0) is 16.8 Å². The van der Waals surface area contributed by atoms with Crippen LogP contribution in [0.3, 0.4) is 0 Å². The molecule has 0 aromatic carbocycles. The Morgan fingerprint density at radius 1 is 1.50 bits per heavy atom. The molecule has 0 unspecified atom stereocenters. The molecule has 0 fully saturated rings. The van der Waals surface area contributed by atoms with Crippen molar-refractivity contribution in [1.29, 1.82) is 0 Å². The van der Waals surface area contributed by atoms with Crippen molar-refractivity contribution in [2.24, 2.45) is 0 Å². The molecule has 2 heterocycles. The molecule has 1 atom stereocenters. The average molecular weight is 294 g/mol. The first-order chi connectivity index (χ1) is 9.38. The minimum absolute atomic E-state index is 0.0262. The van der Waals surface area contributed by atoms with E-state index in [2.05, 4.69) is 46.6 Å². The Morgan fingerprint density at radius 3 is 2.80 bits per heavy atom. The van der Waals surface area contributed by atoms with Crippen LogP contribution in [0, 0.1) is 0 Å². The maximum Gasteiger partial charge on any atom is 0.245 e. The number of thiazole rings is 1. The summed E-state index contributed by atoms with van der Waals surface area (Å²) in [6.45, 7) is 8.51. The van der Waals surface area contributed by atoms with Gasteiger partial charge in [-0.2, -0.15) is 0 Å². The van der Waals surface area contributed by atoms with Crippen LogP contribution in [0.5, 0.6) is 0 Å². The molecule has 0 radical (unpaired) electrons. The Morgan fingerprint density at radius 2 is 2.25 bits per heavy atom. The summed E-state index contributed by atoms with van der Waals surface area (Å²) >= 11 is 1.55. The van der Waals surface area contributed by atoms with Crippen LogP contribution in [0.15, 0.2) is 11.7 Å². The van der Waals surface area contributed by atoms with Gasteiger partial charge in [-0.1, -0.05) is 20.8 Å². The second kappa shape index (κ2) is 5.66. The molecule has 2 rings (SSSR count). The second-order valence-electron chi connectivity index (χ2n) is 5.56. The number of hydrogen-bond acceptors (Lipinski definition) is 6. The summed E-state index contributed by atoms with van der Waals surface area (Å²) in [4.78, 5) is 16.5. The zero-order valence-electron chi connectivity index (χ0n) is 12.0. The largest absolute Gasteiger partial charge is 0.348 e. The normalized spacial score (nSPS) is 13.2. The highest BCUT2D eigenvalue weighted by atomic mass is 32.1. The first-order valence-electron chi connectivity index (χ1n) is 6.33. The number of nitrogens with one attached hydrogen (secondary N) is 1. The van der Waals surface area contributed by atoms with E-state index in [0.29, 0.717) is 6.54 Å². The van der Waals surface area contributed by atoms with Crippen molar-refractivity contribution in [2.75, 3.05) is 0 Å². The van der Waals surface area contributed by atoms with Crippen LogP contribution in [0.4, 0.5) is 0 Å². The summed E-state index contributed by atoms with van der Waals surface area (Å²) in [6.07, 6.45) is 1.42. The third-order valence-electron chi connectivity index (χ3n) is 2.88. The van der Waals surface area contributed by atoms with Crippen LogP contribution >= 0.6 is 11.3 Å². The fraction of sp³-hybridized carbons (Fsp3) is 0.583. The molecule has 2 aromatic heterocycles. The van der Waals surface area contributed by atoms with E-state index in [-0.39, 0.29) is 11.3 Å². The van der Waals surface area contributed by atoms with Crippen LogP contribution in [0.25, 0.3) is 0 Å². The van der Waals surface area contributed by atoms with E-state index in [0.717, 1.165) is 10.7 Å². The number of rotatable bonds is 4. The highest BCUT2D eigenvalue weighted by Gasteiger charge is 2.19. The lowest BCUT2D eigenvalue weighted by Gasteiger charge is -2.14. The summed E-state index contributed by atoms with van der Waals surface area (Å²) < 4.78 is 1.41. The molecular weight excluding hydrogens is 276 g/mol. The summed E-state index contributed by atoms with van der Waals surface area (Å²) in [5.41, 5.74) is 1.07. The molecule has 2 aromatic rings. The van der Waals surface area contributed by atoms with Gasteiger partial charge in [0.25, 0.3) is 0 Å². The molecule has 0 aliphatic rings. The van der Waals surface area contributed by atoms with Gasteiger partial charge >= 0.3 is 0 Å². The molecule has 0 aliphatic heterocycles. The zero-order chi connectivity index (χ0) is 14.8. The van der Waals surface area contributed by atoms with Gasteiger partial charge in [0.15, 0.2) is 0 Å². The lowest BCUT2D eigenvalue weighted by molar-refractivity contribution is -0.124. The van der Waals surface area contributed by atoms with Gasteiger partial charge in [-0.05, 0) is 17.4 Å². The van der Waals surface area contributed by atoms with Gasteiger partial charge in [0.2, 0.25) is 5.91 Å². The van der Waals surface area contributed by atoms with Crippen LogP contribution < -0.4 is 5.32 Å². The van der Waals surface area contributed by atoms with Crippen molar-refractivity contribution in [3.63, 3.8) is 0 Å². The molecule has 0 bridgehead atoms. The van der Waals surface area contributed by atoms with Crippen LogP contribution in [0.1, 0.15) is 44.4 Å². The van der Waals surface area contributed by atoms with E-state index in [1.165, 1.54) is 11.0 Å². The summed E-state index contributed by atoms with van der Waals surface area (Å²) in [5.74, 6) is -0.134. The smallest absolute Gasteiger partial charge is 0.245 e. The standard InChI is InChI=1S/C12H18N6OS/c1-8(18-7-14-16-17-18)11(19)13-5-10-15-9(6-20-10)12(2,3)4/h6-8H,5H2,1-4H3,(H,13,19)/t8-/m0/s1. The SMILES string of the molecule is C[C@@H](C(=O)NCc1nc(C(C)(C)C)cs1)n1cnnn1. The molecule has 0 spiro atoms. The van der Waals surface area contributed by atoms with E-state index in [1.807, 2.05) is 5.38 Å². The topological polar surface area (TPSA) is 85.6 Å².